The number of hydrogen-bond donors (Lipinski definition) is 4. The van der Waals surface area contributed by atoms with Gasteiger partial charge in [-0.3, -0.25) is 4.79 Å². The molecule has 0 amide bonds. The van der Waals surface area contributed by atoms with E-state index in [4.69, 9.17) is 15.3 Å². The first-order valence-electron chi connectivity index (χ1n) is 8.37. The summed E-state index contributed by atoms with van der Waals surface area (Å²) >= 11 is 0. The average molecular weight is 315 g/mol. The fourth-order valence-electron chi connectivity index (χ4n) is 3.12. The van der Waals surface area contributed by atoms with E-state index in [2.05, 4.69) is 5.32 Å². The van der Waals surface area contributed by atoms with Gasteiger partial charge < -0.3 is 20.6 Å². The van der Waals surface area contributed by atoms with Crippen molar-refractivity contribution in [2.45, 2.75) is 88.8 Å². The Balaban J connectivity index is 0.000000239. The van der Waals surface area contributed by atoms with Crippen molar-refractivity contribution >= 4 is 11.9 Å². The number of aliphatic hydroxyl groups is 1. The molecule has 6 heteroatoms. The molecule has 128 valence electrons. The SMILES string of the molecule is C1CCC(NC2CCCCC2)CC1.O=C(O)CC(O)C(=O)O. The molecule has 6 nitrogen and oxygen atoms in total. The third-order valence-electron chi connectivity index (χ3n) is 4.33. The fraction of sp³-hybridized carbons (Fsp3) is 0.875. The lowest BCUT2D eigenvalue weighted by molar-refractivity contribution is -0.152. The van der Waals surface area contributed by atoms with Crippen molar-refractivity contribution in [3.63, 3.8) is 0 Å². The molecule has 0 radical (unpaired) electrons. The molecule has 0 aromatic heterocycles. The van der Waals surface area contributed by atoms with E-state index in [0.29, 0.717) is 0 Å². The second-order valence-electron chi connectivity index (χ2n) is 6.29. The van der Waals surface area contributed by atoms with Crippen LogP contribution in [0.15, 0.2) is 0 Å². The highest BCUT2D eigenvalue weighted by atomic mass is 16.4. The van der Waals surface area contributed by atoms with Gasteiger partial charge in [-0.25, -0.2) is 4.79 Å². The molecule has 1 unspecified atom stereocenters. The van der Waals surface area contributed by atoms with Gasteiger partial charge in [-0.05, 0) is 25.7 Å². The molecule has 0 aliphatic heterocycles. The molecule has 0 heterocycles. The molecule has 0 aromatic carbocycles. The smallest absolute Gasteiger partial charge is 0.333 e. The highest BCUT2D eigenvalue weighted by Crippen LogP contribution is 2.22. The molecule has 22 heavy (non-hydrogen) atoms. The molecule has 2 aliphatic rings. The Morgan fingerprint density at radius 2 is 1.27 bits per heavy atom. The zero-order valence-electron chi connectivity index (χ0n) is 13.2. The van der Waals surface area contributed by atoms with E-state index in [1.807, 2.05) is 0 Å². The van der Waals surface area contributed by atoms with Gasteiger partial charge in [-0.2, -0.15) is 0 Å². The van der Waals surface area contributed by atoms with Crippen LogP contribution in [-0.2, 0) is 9.59 Å². The van der Waals surface area contributed by atoms with Gasteiger partial charge in [0.1, 0.15) is 0 Å². The van der Waals surface area contributed by atoms with Gasteiger partial charge in [0.15, 0.2) is 6.10 Å². The summed E-state index contributed by atoms with van der Waals surface area (Å²) in [6.07, 6.45) is 12.0. The Morgan fingerprint density at radius 3 is 1.55 bits per heavy atom. The van der Waals surface area contributed by atoms with Crippen LogP contribution in [0.4, 0.5) is 0 Å². The predicted molar refractivity (Wildman–Crippen MR) is 82.8 cm³/mol. The molecule has 0 aromatic rings. The zero-order valence-corrected chi connectivity index (χ0v) is 13.2. The standard InChI is InChI=1S/C12H23N.C4H6O5/c1-3-7-11(8-4-1)13-12-9-5-2-6-10-12;5-2(4(8)9)1-3(6)7/h11-13H,1-10H2;2,5H,1H2,(H,6,7)(H,8,9). The molecule has 0 bridgehead atoms. The number of carboxylic acids is 2. The summed E-state index contributed by atoms with van der Waals surface area (Å²) in [6, 6.07) is 1.74. The monoisotopic (exact) mass is 315 g/mol. The highest BCUT2D eigenvalue weighted by Gasteiger charge is 2.19. The van der Waals surface area contributed by atoms with E-state index in [1.54, 1.807) is 0 Å². The largest absolute Gasteiger partial charge is 0.481 e. The van der Waals surface area contributed by atoms with E-state index in [9.17, 15) is 9.59 Å². The second-order valence-corrected chi connectivity index (χ2v) is 6.29. The Kier molecular flexibility index (Phi) is 9.08. The number of carbonyl (C=O) groups is 2. The van der Waals surface area contributed by atoms with E-state index in [1.165, 1.54) is 64.2 Å². The normalized spacial score (nSPS) is 21.5. The Labute approximate surface area is 131 Å². The Bertz CT molecular complexity index is 319. The number of carboxylic acid groups (broad SMARTS) is 2. The van der Waals surface area contributed by atoms with Crippen molar-refractivity contribution < 1.29 is 24.9 Å². The van der Waals surface area contributed by atoms with E-state index in [-0.39, 0.29) is 0 Å². The minimum absolute atomic E-state index is 0.755. The number of hydrogen-bond acceptors (Lipinski definition) is 4. The first-order valence-corrected chi connectivity index (χ1v) is 8.37. The van der Waals surface area contributed by atoms with E-state index in [0.717, 1.165) is 12.1 Å². The topological polar surface area (TPSA) is 107 Å². The minimum Gasteiger partial charge on any atom is -0.481 e. The number of rotatable bonds is 5. The molecule has 2 rings (SSSR count). The third-order valence-corrected chi connectivity index (χ3v) is 4.33. The minimum atomic E-state index is -1.79. The molecular weight excluding hydrogens is 286 g/mol. The van der Waals surface area contributed by atoms with Crippen molar-refractivity contribution in [1.29, 1.82) is 0 Å². The summed E-state index contributed by atoms with van der Waals surface area (Å²) in [5.41, 5.74) is 0. The summed E-state index contributed by atoms with van der Waals surface area (Å²) < 4.78 is 0. The van der Waals surface area contributed by atoms with Crippen LogP contribution in [0.3, 0.4) is 0 Å². The van der Waals surface area contributed by atoms with Crippen LogP contribution >= 0.6 is 0 Å². The highest BCUT2D eigenvalue weighted by molar-refractivity contribution is 5.79. The Morgan fingerprint density at radius 1 is 0.864 bits per heavy atom. The summed E-state index contributed by atoms with van der Waals surface area (Å²) in [6.45, 7) is 0. The van der Waals surface area contributed by atoms with Crippen LogP contribution in [0.25, 0.3) is 0 Å². The van der Waals surface area contributed by atoms with Gasteiger partial charge in [0.25, 0.3) is 0 Å². The molecular formula is C16H29NO5. The van der Waals surface area contributed by atoms with Crippen LogP contribution in [0, 0.1) is 0 Å². The maximum Gasteiger partial charge on any atom is 0.333 e. The van der Waals surface area contributed by atoms with Crippen LogP contribution in [-0.4, -0.2) is 45.4 Å². The first-order chi connectivity index (χ1) is 10.5. The van der Waals surface area contributed by atoms with E-state index >= 15 is 0 Å². The van der Waals surface area contributed by atoms with Gasteiger partial charge in [0.05, 0.1) is 6.42 Å². The molecule has 2 fully saturated rings. The van der Waals surface area contributed by atoms with Crippen molar-refractivity contribution in [2.75, 3.05) is 0 Å². The van der Waals surface area contributed by atoms with Crippen LogP contribution < -0.4 is 5.32 Å². The molecule has 0 saturated heterocycles. The van der Waals surface area contributed by atoms with E-state index < -0.39 is 24.5 Å². The number of nitrogens with one attached hydrogen (secondary N) is 1. The fourth-order valence-corrected chi connectivity index (χ4v) is 3.12. The van der Waals surface area contributed by atoms with Gasteiger partial charge >= 0.3 is 11.9 Å². The summed E-state index contributed by atoms with van der Waals surface area (Å²) in [7, 11) is 0. The molecule has 2 saturated carbocycles. The lowest BCUT2D eigenvalue weighted by Crippen LogP contribution is -2.40. The second kappa shape index (κ2) is 10.6. The maximum atomic E-state index is 9.72. The molecule has 1 atom stereocenters. The predicted octanol–water partition coefficient (Wildman–Crippen LogP) is 2.15. The zero-order chi connectivity index (χ0) is 16.4. The summed E-state index contributed by atoms with van der Waals surface area (Å²) in [4.78, 5) is 19.4. The third kappa shape index (κ3) is 8.34. The number of aliphatic hydroxyl groups excluding tert-OH is 1. The molecule has 0 spiro atoms. The quantitative estimate of drug-likeness (QED) is 0.619. The first kappa shape index (κ1) is 18.9. The molecule has 4 N–H and O–H groups in total. The number of aliphatic carboxylic acids is 2. The average Bonchev–Trinajstić information content (AvgIpc) is 2.49. The van der Waals surface area contributed by atoms with Crippen LogP contribution in [0.1, 0.15) is 70.6 Å². The Hall–Kier alpha value is -1.14. The van der Waals surface area contributed by atoms with Crippen LogP contribution in [0.2, 0.25) is 0 Å². The van der Waals surface area contributed by atoms with Gasteiger partial charge in [0, 0.05) is 12.1 Å². The van der Waals surface area contributed by atoms with Crippen molar-refractivity contribution in [1.82, 2.24) is 5.32 Å². The van der Waals surface area contributed by atoms with Gasteiger partial charge in [-0.15, -0.1) is 0 Å². The van der Waals surface area contributed by atoms with Crippen molar-refractivity contribution in [3.8, 4) is 0 Å². The lowest BCUT2D eigenvalue weighted by atomic mass is 9.91. The maximum absolute atomic E-state index is 9.72. The van der Waals surface area contributed by atoms with Crippen LogP contribution in [0.5, 0.6) is 0 Å². The van der Waals surface area contributed by atoms with Crippen molar-refractivity contribution in [2.24, 2.45) is 0 Å². The lowest BCUT2D eigenvalue weighted by Gasteiger charge is -2.30. The summed E-state index contributed by atoms with van der Waals surface area (Å²) in [5.74, 6) is -2.85. The van der Waals surface area contributed by atoms with Gasteiger partial charge in [0.2, 0.25) is 0 Å². The summed E-state index contributed by atoms with van der Waals surface area (Å²) in [5, 5.41) is 28.0. The molecule has 2 aliphatic carbocycles. The van der Waals surface area contributed by atoms with Crippen molar-refractivity contribution in [3.05, 3.63) is 0 Å². The van der Waals surface area contributed by atoms with Gasteiger partial charge in [-0.1, -0.05) is 38.5 Å².